The number of nitrogens with zero attached hydrogens (tertiary/aromatic N) is 2. The van der Waals surface area contributed by atoms with Crippen LogP contribution in [0.3, 0.4) is 0 Å². The molecule has 2 N–H and O–H groups in total. The number of carbonyl (C=O) groups excluding carboxylic acids is 2. The molecule has 29 heavy (non-hydrogen) atoms. The number of aryl methyl sites for hydroxylation is 1. The van der Waals surface area contributed by atoms with E-state index in [1.807, 2.05) is 60.7 Å². The number of carbonyl (C=O) groups is 2. The number of fused-ring (bicyclic) bond motifs is 1. The lowest BCUT2D eigenvalue weighted by molar-refractivity contribution is -0.121. The Morgan fingerprint density at radius 3 is 2.59 bits per heavy atom. The lowest BCUT2D eigenvalue weighted by Gasteiger charge is -2.08. The highest BCUT2D eigenvalue weighted by Gasteiger charge is 2.17. The van der Waals surface area contributed by atoms with Gasteiger partial charge in [0, 0.05) is 17.1 Å². The molecule has 4 aromatic rings. The summed E-state index contributed by atoms with van der Waals surface area (Å²) in [5, 5.41) is 1.73. The summed E-state index contributed by atoms with van der Waals surface area (Å²) in [7, 11) is 0. The van der Waals surface area contributed by atoms with Gasteiger partial charge in [-0.3, -0.25) is 25.4 Å². The van der Waals surface area contributed by atoms with Crippen LogP contribution in [0.25, 0.3) is 21.5 Å². The van der Waals surface area contributed by atoms with E-state index in [0.29, 0.717) is 10.6 Å². The molecule has 0 bridgehead atoms. The van der Waals surface area contributed by atoms with E-state index in [-0.39, 0.29) is 18.2 Å². The summed E-state index contributed by atoms with van der Waals surface area (Å²) in [6.45, 7) is 1.78. The van der Waals surface area contributed by atoms with Crippen LogP contribution in [0.2, 0.25) is 0 Å². The van der Waals surface area contributed by atoms with Gasteiger partial charge in [0.1, 0.15) is 9.88 Å². The summed E-state index contributed by atoms with van der Waals surface area (Å²) in [6.07, 6.45) is 1.81. The molecule has 0 aliphatic rings. The van der Waals surface area contributed by atoms with Crippen LogP contribution in [0.4, 0.5) is 0 Å². The van der Waals surface area contributed by atoms with E-state index in [9.17, 15) is 9.59 Å². The van der Waals surface area contributed by atoms with Crippen molar-refractivity contribution in [2.75, 3.05) is 0 Å². The van der Waals surface area contributed by atoms with E-state index in [1.165, 1.54) is 11.3 Å². The van der Waals surface area contributed by atoms with Crippen molar-refractivity contribution in [3.8, 4) is 10.6 Å². The fourth-order valence-electron chi connectivity index (χ4n) is 3.02. The number of nitrogens with one attached hydrogen (secondary N) is 2. The second-order valence-corrected chi connectivity index (χ2v) is 7.47. The van der Waals surface area contributed by atoms with Crippen LogP contribution < -0.4 is 10.9 Å². The minimum absolute atomic E-state index is 0.117. The molecule has 4 rings (SSSR count). The van der Waals surface area contributed by atoms with E-state index in [4.69, 9.17) is 0 Å². The minimum Gasteiger partial charge on any atom is -0.273 e. The van der Waals surface area contributed by atoms with Crippen LogP contribution in [-0.2, 0) is 11.2 Å². The van der Waals surface area contributed by atoms with Crippen LogP contribution >= 0.6 is 11.3 Å². The van der Waals surface area contributed by atoms with Gasteiger partial charge in [-0.1, -0.05) is 54.6 Å². The fraction of sp³-hybridized carbons (Fsp3) is 0.0909. The Labute approximate surface area is 171 Å². The Hall–Kier alpha value is -3.58. The second-order valence-electron chi connectivity index (χ2n) is 6.47. The molecule has 0 aliphatic heterocycles. The number of benzene rings is 2. The topological polar surface area (TPSA) is 84.0 Å². The van der Waals surface area contributed by atoms with E-state index in [1.54, 1.807) is 13.1 Å². The Morgan fingerprint density at radius 1 is 0.966 bits per heavy atom. The number of hydrogen-bond acceptors (Lipinski definition) is 5. The second kappa shape index (κ2) is 8.20. The molecule has 0 radical (unpaired) electrons. The third-order valence-electron chi connectivity index (χ3n) is 4.41. The number of para-hydroxylation sites is 1. The first-order valence-electron chi connectivity index (χ1n) is 9.06. The van der Waals surface area contributed by atoms with Gasteiger partial charge in [-0.25, -0.2) is 4.98 Å². The van der Waals surface area contributed by atoms with Crippen LogP contribution in [0, 0.1) is 6.92 Å². The quantitative estimate of drug-likeness (QED) is 0.510. The molecule has 0 unspecified atom stereocenters. The highest BCUT2D eigenvalue weighted by atomic mass is 32.1. The molecular weight excluding hydrogens is 384 g/mol. The summed E-state index contributed by atoms with van der Waals surface area (Å²) in [6, 6.07) is 19.2. The molecule has 0 atom stereocenters. The van der Waals surface area contributed by atoms with Gasteiger partial charge < -0.3 is 0 Å². The zero-order valence-corrected chi connectivity index (χ0v) is 16.5. The molecule has 2 aromatic carbocycles. The lowest BCUT2D eigenvalue weighted by Crippen LogP contribution is -2.42. The molecule has 2 amide bonds. The molecule has 0 aliphatic carbocycles. The maximum atomic E-state index is 12.5. The van der Waals surface area contributed by atoms with Gasteiger partial charge in [0.15, 0.2) is 0 Å². The predicted molar refractivity (Wildman–Crippen MR) is 113 cm³/mol. The number of amides is 2. The normalized spacial score (nSPS) is 10.7. The average molecular weight is 402 g/mol. The van der Waals surface area contributed by atoms with E-state index < -0.39 is 0 Å². The van der Waals surface area contributed by atoms with Crippen LogP contribution in [0.15, 0.2) is 66.9 Å². The number of hydrogen-bond donors (Lipinski definition) is 2. The fourth-order valence-corrected chi connectivity index (χ4v) is 3.99. The summed E-state index contributed by atoms with van der Waals surface area (Å²) >= 11 is 1.29. The van der Waals surface area contributed by atoms with Gasteiger partial charge in [-0.2, -0.15) is 0 Å². The van der Waals surface area contributed by atoms with Crippen molar-refractivity contribution in [3.63, 3.8) is 0 Å². The van der Waals surface area contributed by atoms with Gasteiger partial charge in [0.2, 0.25) is 5.91 Å². The molecular formula is C22H18N4O2S. The molecule has 144 valence electrons. The first kappa shape index (κ1) is 18.8. The molecule has 0 saturated carbocycles. The smallest absolute Gasteiger partial charge is 0.273 e. The Morgan fingerprint density at radius 2 is 1.76 bits per heavy atom. The number of aromatic nitrogens is 2. The molecule has 6 nitrogen and oxygen atoms in total. The largest absolute Gasteiger partial charge is 0.281 e. The molecule has 7 heteroatoms. The standard InChI is InChI=1S/C22H18N4O2S/c1-14-20(29-22(24-14)16-7-3-2-4-8-16)21(28)26-25-18(27)13-17-10-5-9-15-11-6-12-23-19(15)17/h2-12H,13H2,1H3,(H,25,27)(H,26,28). The highest BCUT2D eigenvalue weighted by molar-refractivity contribution is 7.17. The van der Waals surface area contributed by atoms with Crippen molar-refractivity contribution < 1.29 is 9.59 Å². The maximum Gasteiger partial charge on any atom is 0.281 e. The monoisotopic (exact) mass is 402 g/mol. The van der Waals surface area contributed by atoms with Crippen molar-refractivity contribution in [2.45, 2.75) is 13.3 Å². The summed E-state index contributed by atoms with van der Waals surface area (Å²) in [5.41, 5.74) is 8.12. The van der Waals surface area contributed by atoms with Crippen molar-refractivity contribution in [3.05, 3.63) is 83.0 Å². The minimum atomic E-state index is -0.383. The molecule has 0 fully saturated rings. The molecule has 0 saturated heterocycles. The number of pyridine rings is 1. The van der Waals surface area contributed by atoms with E-state index in [2.05, 4.69) is 20.8 Å². The molecule has 2 heterocycles. The van der Waals surface area contributed by atoms with Gasteiger partial charge in [-0.05, 0) is 18.6 Å². The number of hydrazine groups is 1. The molecule has 2 aromatic heterocycles. The van der Waals surface area contributed by atoms with Crippen molar-refractivity contribution in [1.29, 1.82) is 0 Å². The number of thiazole rings is 1. The van der Waals surface area contributed by atoms with Crippen molar-refractivity contribution in [1.82, 2.24) is 20.8 Å². The van der Waals surface area contributed by atoms with Gasteiger partial charge in [0.05, 0.1) is 17.6 Å². The van der Waals surface area contributed by atoms with E-state index in [0.717, 1.165) is 27.0 Å². The lowest BCUT2D eigenvalue weighted by atomic mass is 10.1. The third-order valence-corrected chi connectivity index (χ3v) is 5.61. The zero-order chi connectivity index (χ0) is 20.2. The third kappa shape index (κ3) is 4.14. The first-order valence-corrected chi connectivity index (χ1v) is 9.88. The van der Waals surface area contributed by atoms with Crippen LogP contribution in [0.5, 0.6) is 0 Å². The average Bonchev–Trinajstić information content (AvgIpc) is 3.15. The van der Waals surface area contributed by atoms with E-state index >= 15 is 0 Å². The Kier molecular flexibility index (Phi) is 5.31. The Balaban J connectivity index is 1.42. The van der Waals surface area contributed by atoms with Crippen molar-refractivity contribution in [2.24, 2.45) is 0 Å². The maximum absolute atomic E-state index is 12.5. The van der Waals surface area contributed by atoms with Crippen LogP contribution in [-0.4, -0.2) is 21.8 Å². The zero-order valence-electron chi connectivity index (χ0n) is 15.7. The van der Waals surface area contributed by atoms with Crippen molar-refractivity contribution >= 4 is 34.1 Å². The van der Waals surface area contributed by atoms with Gasteiger partial charge in [-0.15, -0.1) is 11.3 Å². The summed E-state index contributed by atoms with van der Waals surface area (Å²) < 4.78 is 0. The highest BCUT2D eigenvalue weighted by Crippen LogP contribution is 2.27. The SMILES string of the molecule is Cc1nc(-c2ccccc2)sc1C(=O)NNC(=O)Cc1cccc2cccnc12. The van der Waals surface area contributed by atoms with Gasteiger partial charge >= 0.3 is 0 Å². The first-order chi connectivity index (χ1) is 14.1. The van der Waals surface area contributed by atoms with Gasteiger partial charge in [0.25, 0.3) is 5.91 Å². The molecule has 0 spiro atoms. The summed E-state index contributed by atoms with van der Waals surface area (Å²) in [4.78, 5) is 34.1. The predicted octanol–water partition coefficient (Wildman–Crippen LogP) is 3.67. The van der Waals surface area contributed by atoms with Crippen LogP contribution in [0.1, 0.15) is 20.9 Å². The number of rotatable bonds is 4. The summed E-state index contributed by atoms with van der Waals surface area (Å²) in [5.74, 6) is -0.700. The Bertz CT molecular complexity index is 1180.